The van der Waals surface area contributed by atoms with Gasteiger partial charge in [0.15, 0.2) is 5.96 Å². The van der Waals surface area contributed by atoms with E-state index in [4.69, 9.17) is 0 Å². The van der Waals surface area contributed by atoms with Crippen molar-refractivity contribution in [3.05, 3.63) is 35.9 Å². The fourth-order valence-electron chi connectivity index (χ4n) is 1.78. The number of hydrogen-bond acceptors (Lipinski definition) is 2. The van der Waals surface area contributed by atoms with Gasteiger partial charge in [-0.05, 0) is 25.3 Å². The van der Waals surface area contributed by atoms with Gasteiger partial charge in [0.1, 0.15) is 6.54 Å². The Bertz CT molecular complexity index is 437. The molecule has 22 heavy (non-hydrogen) atoms. The second-order valence-corrected chi connectivity index (χ2v) is 4.71. The molecular weight excluding hydrogens is 391 g/mol. The maximum Gasteiger partial charge on any atom is 0.241 e. The zero-order valence-electron chi connectivity index (χ0n) is 13.4. The lowest BCUT2D eigenvalue weighted by Crippen LogP contribution is -2.39. The summed E-state index contributed by atoms with van der Waals surface area (Å²) in [4.78, 5) is 16.0. The largest absolute Gasteiger partial charge is 0.357 e. The van der Waals surface area contributed by atoms with Gasteiger partial charge in [0.05, 0.1) is 0 Å². The first-order valence-electron chi connectivity index (χ1n) is 7.59. The maximum absolute atomic E-state index is 11.7. The van der Waals surface area contributed by atoms with Gasteiger partial charge < -0.3 is 16.0 Å². The van der Waals surface area contributed by atoms with E-state index >= 15 is 0 Å². The molecule has 0 saturated carbocycles. The summed E-state index contributed by atoms with van der Waals surface area (Å²) in [6, 6.07) is 10.1. The summed E-state index contributed by atoms with van der Waals surface area (Å²) in [6.45, 7) is 6.51. The van der Waals surface area contributed by atoms with Gasteiger partial charge in [-0.1, -0.05) is 37.3 Å². The molecule has 0 aliphatic heterocycles. The summed E-state index contributed by atoms with van der Waals surface area (Å²) in [6.07, 6.45) is 1.86. The van der Waals surface area contributed by atoms with Crippen LogP contribution in [0.15, 0.2) is 35.3 Å². The highest BCUT2D eigenvalue weighted by Crippen LogP contribution is 1.97. The van der Waals surface area contributed by atoms with Crippen LogP contribution in [-0.4, -0.2) is 38.0 Å². The number of amides is 1. The second kappa shape index (κ2) is 13.4. The van der Waals surface area contributed by atoms with Crippen LogP contribution in [0.1, 0.15) is 25.8 Å². The van der Waals surface area contributed by atoms with Crippen molar-refractivity contribution in [3.63, 3.8) is 0 Å². The topological polar surface area (TPSA) is 65.5 Å². The van der Waals surface area contributed by atoms with Crippen LogP contribution in [0.3, 0.4) is 0 Å². The summed E-state index contributed by atoms with van der Waals surface area (Å²) in [5, 5.41) is 9.16. The minimum absolute atomic E-state index is 0. The SMILES string of the molecule is CCCNC(=NCC(=O)NCCc1ccccc1)NCC.I. The minimum atomic E-state index is -0.0559. The number of aliphatic imine (C=N–C) groups is 1. The van der Waals surface area contributed by atoms with Gasteiger partial charge in [0.25, 0.3) is 0 Å². The summed E-state index contributed by atoms with van der Waals surface area (Å²) < 4.78 is 0. The first-order chi connectivity index (χ1) is 10.3. The van der Waals surface area contributed by atoms with Crippen LogP contribution in [0, 0.1) is 0 Å². The standard InChI is InChI=1S/C16H26N4O.HI/c1-3-11-19-16(17-4-2)20-13-15(21)18-12-10-14-8-6-5-7-9-14;/h5-9H,3-4,10-13H2,1-2H3,(H,18,21)(H2,17,19,20);1H. The highest BCUT2D eigenvalue weighted by atomic mass is 127. The summed E-state index contributed by atoms with van der Waals surface area (Å²) in [5.74, 6) is 0.636. The van der Waals surface area contributed by atoms with Gasteiger partial charge >= 0.3 is 0 Å². The maximum atomic E-state index is 11.7. The van der Waals surface area contributed by atoms with Crippen LogP contribution in [0.4, 0.5) is 0 Å². The predicted octanol–water partition coefficient (Wildman–Crippen LogP) is 1.93. The van der Waals surface area contributed by atoms with E-state index < -0.39 is 0 Å². The lowest BCUT2D eigenvalue weighted by atomic mass is 10.1. The fourth-order valence-corrected chi connectivity index (χ4v) is 1.78. The zero-order valence-corrected chi connectivity index (χ0v) is 15.7. The molecule has 0 atom stereocenters. The molecule has 1 rings (SSSR count). The van der Waals surface area contributed by atoms with E-state index in [9.17, 15) is 4.79 Å². The first-order valence-corrected chi connectivity index (χ1v) is 7.59. The second-order valence-electron chi connectivity index (χ2n) is 4.71. The highest BCUT2D eigenvalue weighted by Gasteiger charge is 2.01. The van der Waals surface area contributed by atoms with Gasteiger partial charge in [0.2, 0.25) is 5.91 Å². The lowest BCUT2D eigenvalue weighted by Gasteiger charge is -2.10. The summed E-state index contributed by atoms with van der Waals surface area (Å²) in [5.41, 5.74) is 1.22. The molecule has 0 aromatic heterocycles. The van der Waals surface area contributed by atoms with E-state index in [1.807, 2.05) is 25.1 Å². The van der Waals surface area contributed by atoms with Gasteiger partial charge in [-0.2, -0.15) is 0 Å². The van der Waals surface area contributed by atoms with E-state index in [1.54, 1.807) is 0 Å². The molecule has 1 aromatic carbocycles. The molecule has 124 valence electrons. The first kappa shape index (κ1) is 20.7. The Balaban J connectivity index is 0.00000441. The minimum Gasteiger partial charge on any atom is -0.357 e. The van der Waals surface area contributed by atoms with E-state index in [1.165, 1.54) is 5.56 Å². The van der Waals surface area contributed by atoms with Gasteiger partial charge in [-0.15, -0.1) is 24.0 Å². The quantitative estimate of drug-likeness (QED) is 0.344. The van der Waals surface area contributed by atoms with Crippen LogP contribution >= 0.6 is 24.0 Å². The van der Waals surface area contributed by atoms with Crippen molar-refractivity contribution in [2.24, 2.45) is 4.99 Å². The lowest BCUT2D eigenvalue weighted by molar-refractivity contribution is -0.119. The van der Waals surface area contributed by atoms with Gasteiger partial charge in [0, 0.05) is 19.6 Å². The van der Waals surface area contributed by atoms with Crippen LogP contribution in [0.25, 0.3) is 0 Å². The third-order valence-corrected chi connectivity index (χ3v) is 2.85. The Morgan fingerprint density at radius 1 is 1.05 bits per heavy atom. The van der Waals surface area contributed by atoms with Gasteiger partial charge in [-0.25, -0.2) is 4.99 Å². The molecular formula is C16H27IN4O. The number of hydrogen-bond donors (Lipinski definition) is 3. The molecule has 0 aliphatic rings. The molecule has 0 unspecified atom stereocenters. The molecule has 0 radical (unpaired) electrons. The Kier molecular flexibility index (Phi) is 12.6. The van der Waals surface area contributed by atoms with E-state index in [0.29, 0.717) is 12.5 Å². The molecule has 0 saturated heterocycles. The fraction of sp³-hybridized carbons (Fsp3) is 0.500. The molecule has 0 heterocycles. The molecule has 0 fully saturated rings. The van der Waals surface area contributed by atoms with Gasteiger partial charge in [-0.3, -0.25) is 4.79 Å². The predicted molar refractivity (Wildman–Crippen MR) is 103 cm³/mol. The van der Waals surface area contributed by atoms with Crippen molar-refractivity contribution in [1.82, 2.24) is 16.0 Å². The Hall–Kier alpha value is -1.31. The Morgan fingerprint density at radius 2 is 1.77 bits per heavy atom. The monoisotopic (exact) mass is 418 g/mol. The molecule has 6 heteroatoms. The van der Waals surface area contributed by atoms with E-state index in [2.05, 4.69) is 40.0 Å². The number of benzene rings is 1. The normalized spacial score (nSPS) is 10.5. The average molecular weight is 418 g/mol. The number of nitrogens with one attached hydrogen (secondary N) is 3. The Labute approximate surface area is 150 Å². The number of rotatable bonds is 8. The third-order valence-electron chi connectivity index (χ3n) is 2.85. The number of nitrogens with zero attached hydrogens (tertiary/aromatic N) is 1. The number of carbonyl (C=O) groups is 1. The zero-order chi connectivity index (χ0) is 15.3. The summed E-state index contributed by atoms with van der Waals surface area (Å²) in [7, 11) is 0. The number of carbonyl (C=O) groups excluding carboxylic acids is 1. The van der Waals surface area contributed by atoms with E-state index in [-0.39, 0.29) is 36.4 Å². The van der Waals surface area contributed by atoms with Crippen LogP contribution in [-0.2, 0) is 11.2 Å². The van der Waals surface area contributed by atoms with Crippen LogP contribution < -0.4 is 16.0 Å². The molecule has 3 N–H and O–H groups in total. The Morgan fingerprint density at radius 3 is 2.41 bits per heavy atom. The van der Waals surface area contributed by atoms with Crippen molar-refractivity contribution >= 4 is 35.8 Å². The molecule has 1 amide bonds. The molecule has 1 aromatic rings. The summed E-state index contributed by atoms with van der Waals surface area (Å²) >= 11 is 0. The van der Waals surface area contributed by atoms with Crippen molar-refractivity contribution < 1.29 is 4.79 Å². The molecule has 0 aliphatic carbocycles. The van der Waals surface area contributed by atoms with E-state index in [0.717, 1.165) is 25.9 Å². The molecule has 0 spiro atoms. The third kappa shape index (κ3) is 9.59. The van der Waals surface area contributed by atoms with Crippen molar-refractivity contribution in [2.75, 3.05) is 26.2 Å². The molecule has 5 nitrogen and oxygen atoms in total. The average Bonchev–Trinajstić information content (AvgIpc) is 2.51. The van der Waals surface area contributed by atoms with Crippen molar-refractivity contribution in [1.29, 1.82) is 0 Å². The van der Waals surface area contributed by atoms with Crippen LogP contribution in [0.5, 0.6) is 0 Å². The van der Waals surface area contributed by atoms with Crippen molar-refractivity contribution in [2.45, 2.75) is 26.7 Å². The smallest absolute Gasteiger partial charge is 0.241 e. The molecule has 0 bridgehead atoms. The van der Waals surface area contributed by atoms with Crippen LogP contribution in [0.2, 0.25) is 0 Å². The van der Waals surface area contributed by atoms with Crippen molar-refractivity contribution in [3.8, 4) is 0 Å². The number of halogens is 1. The highest BCUT2D eigenvalue weighted by molar-refractivity contribution is 14.0. The number of guanidine groups is 1.